The van der Waals surface area contributed by atoms with Crippen molar-refractivity contribution in [2.24, 2.45) is 16.8 Å². The molecule has 9 nitrogen and oxygen atoms in total. The molecule has 7 rings (SSSR count). The van der Waals surface area contributed by atoms with Gasteiger partial charge in [0.1, 0.15) is 34.8 Å². The first-order valence-electron chi connectivity index (χ1n) is 13.7. The van der Waals surface area contributed by atoms with Crippen LogP contribution in [-0.4, -0.2) is 51.1 Å². The predicted molar refractivity (Wildman–Crippen MR) is 149 cm³/mol. The van der Waals surface area contributed by atoms with E-state index in [4.69, 9.17) is 28.7 Å². The van der Waals surface area contributed by atoms with E-state index < -0.39 is 34.7 Å². The molecule has 0 amide bonds. The van der Waals surface area contributed by atoms with Crippen molar-refractivity contribution in [2.45, 2.75) is 35.6 Å². The second-order valence-corrected chi connectivity index (χ2v) is 11.0. The summed E-state index contributed by atoms with van der Waals surface area (Å²) in [5.41, 5.74) is -2.73. The van der Waals surface area contributed by atoms with E-state index in [1.165, 1.54) is 7.11 Å². The zero-order chi connectivity index (χ0) is 28.6. The molecular formula is C32H32N2O7. The molecule has 2 N–H and O–H groups in total. The molecule has 1 spiro atoms. The van der Waals surface area contributed by atoms with Crippen LogP contribution in [0.5, 0.6) is 23.0 Å². The van der Waals surface area contributed by atoms with Crippen LogP contribution < -0.4 is 24.3 Å². The fourth-order valence-electron chi connectivity index (χ4n) is 7.35. The molecule has 3 aromatic rings. The highest BCUT2D eigenvalue weighted by molar-refractivity contribution is 5.94. The lowest BCUT2D eigenvalue weighted by molar-refractivity contribution is -0.156. The van der Waals surface area contributed by atoms with Gasteiger partial charge in [-0.3, -0.25) is 4.79 Å². The van der Waals surface area contributed by atoms with Crippen LogP contribution in [-0.2, 0) is 20.7 Å². The Hall–Kier alpha value is -4.24. The van der Waals surface area contributed by atoms with Gasteiger partial charge in [-0.05, 0) is 36.1 Å². The molecule has 0 bridgehead atoms. The quantitative estimate of drug-likeness (QED) is 0.423. The zero-order valence-electron chi connectivity index (χ0n) is 23.3. The van der Waals surface area contributed by atoms with Gasteiger partial charge in [0.25, 0.3) is 0 Å². The number of carbonyl (C=O) groups is 1. The minimum Gasteiger partial charge on any atom is -0.497 e. The van der Waals surface area contributed by atoms with Crippen molar-refractivity contribution < 1.29 is 33.6 Å². The largest absolute Gasteiger partial charge is 0.497 e. The Morgan fingerprint density at radius 3 is 2.27 bits per heavy atom. The van der Waals surface area contributed by atoms with Crippen LogP contribution in [0.1, 0.15) is 35.4 Å². The Labute approximate surface area is 238 Å². The Morgan fingerprint density at radius 1 is 0.951 bits per heavy atom. The molecule has 3 aromatic carbocycles. The van der Waals surface area contributed by atoms with Gasteiger partial charge in [-0.2, -0.15) is 0 Å². The first-order valence-corrected chi connectivity index (χ1v) is 13.7. The molecule has 212 valence electrons. The average molecular weight is 557 g/mol. The molecule has 5 atom stereocenters. The van der Waals surface area contributed by atoms with Crippen LogP contribution in [0.3, 0.4) is 0 Å². The van der Waals surface area contributed by atoms with Crippen molar-refractivity contribution in [2.75, 3.05) is 28.4 Å². The van der Waals surface area contributed by atoms with Gasteiger partial charge >= 0.3 is 5.97 Å². The van der Waals surface area contributed by atoms with E-state index >= 15 is 0 Å². The second-order valence-electron chi connectivity index (χ2n) is 11.0. The van der Waals surface area contributed by atoms with Gasteiger partial charge in [0, 0.05) is 24.0 Å². The Balaban J connectivity index is 1.63. The van der Waals surface area contributed by atoms with Crippen molar-refractivity contribution >= 4 is 11.8 Å². The fraction of sp³-hybridized carbons (Fsp3) is 0.375. The number of carbonyl (C=O) groups excluding carboxylic acids is 1. The molecular weight excluding hydrogens is 524 g/mol. The van der Waals surface area contributed by atoms with Crippen molar-refractivity contribution in [3.05, 3.63) is 83.4 Å². The third kappa shape index (κ3) is 3.15. The number of esters is 1. The highest BCUT2D eigenvalue weighted by atomic mass is 16.5. The number of hydrogen-bond donors (Lipinski definition) is 2. The highest BCUT2D eigenvalue weighted by Crippen LogP contribution is 2.75. The van der Waals surface area contributed by atoms with Crippen LogP contribution in [0.15, 0.2) is 71.7 Å². The summed E-state index contributed by atoms with van der Waals surface area (Å²) in [4.78, 5) is 18.9. The number of aliphatic hydroxyl groups is 1. The summed E-state index contributed by atoms with van der Waals surface area (Å²) in [7, 11) is 6.09. The third-order valence-corrected chi connectivity index (χ3v) is 9.16. The number of benzene rings is 3. The minimum atomic E-state index is -1.99. The molecule has 41 heavy (non-hydrogen) atoms. The minimum absolute atomic E-state index is 0.148. The van der Waals surface area contributed by atoms with E-state index in [1.54, 1.807) is 33.5 Å². The number of aliphatic imine (C=N–C) groups is 1. The molecule has 0 radical (unpaired) electrons. The maximum absolute atomic E-state index is 13.9. The van der Waals surface area contributed by atoms with Crippen LogP contribution in [0.2, 0.25) is 0 Å². The molecule has 2 heterocycles. The summed E-state index contributed by atoms with van der Waals surface area (Å²) in [6, 6.07) is 20.7. The van der Waals surface area contributed by atoms with Gasteiger partial charge in [-0.15, -0.1) is 0 Å². The summed E-state index contributed by atoms with van der Waals surface area (Å²) < 4.78 is 29.6. The monoisotopic (exact) mass is 556 g/mol. The third-order valence-electron chi connectivity index (χ3n) is 9.16. The van der Waals surface area contributed by atoms with E-state index in [0.29, 0.717) is 34.4 Å². The van der Waals surface area contributed by atoms with Crippen molar-refractivity contribution in [1.82, 2.24) is 5.32 Å². The van der Waals surface area contributed by atoms with Gasteiger partial charge < -0.3 is 34.1 Å². The highest BCUT2D eigenvalue weighted by Gasteiger charge is 2.87. The maximum Gasteiger partial charge on any atom is 0.314 e. The maximum atomic E-state index is 13.9. The predicted octanol–water partition coefficient (Wildman–Crippen LogP) is 3.88. The molecule has 0 saturated heterocycles. The van der Waals surface area contributed by atoms with Gasteiger partial charge in [0.2, 0.25) is 5.72 Å². The van der Waals surface area contributed by atoms with E-state index in [1.807, 2.05) is 54.6 Å². The molecule has 1 unspecified atom stereocenters. The Morgan fingerprint density at radius 2 is 1.66 bits per heavy atom. The summed E-state index contributed by atoms with van der Waals surface area (Å²) >= 11 is 0. The lowest BCUT2D eigenvalue weighted by Gasteiger charge is -2.44. The van der Waals surface area contributed by atoms with E-state index in [0.717, 1.165) is 24.0 Å². The Kier molecular flexibility index (Phi) is 5.57. The van der Waals surface area contributed by atoms with Crippen molar-refractivity contribution in [3.8, 4) is 23.0 Å². The van der Waals surface area contributed by atoms with Crippen molar-refractivity contribution in [1.29, 1.82) is 0 Å². The number of nitrogens with zero attached hydrogens (tertiary/aromatic N) is 1. The topological polar surface area (TPSA) is 108 Å². The number of amidine groups is 1. The summed E-state index contributed by atoms with van der Waals surface area (Å²) in [5, 5.41) is 16.8. The average Bonchev–Trinajstić information content (AvgIpc) is 3.72. The van der Waals surface area contributed by atoms with Crippen LogP contribution in [0.25, 0.3) is 0 Å². The van der Waals surface area contributed by atoms with Crippen LogP contribution in [0, 0.1) is 11.8 Å². The number of fused-ring (bicyclic) bond motifs is 1. The van der Waals surface area contributed by atoms with Gasteiger partial charge in [-0.25, -0.2) is 4.99 Å². The first-order chi connectivity index (χ1) is 19.9. The first kappa shape index (κ1) is 25.7. The Bertz CT molecular complexity index is 1550. The molecule has 2 aliphatic heterocycles. The fourth-order valence-corrected chi connectivity index (χ4v) is 7.35. The van der Waals surface area contributed by atoms with Gasteiger partial charge in [0.05, 0.1) is 34.0 Å². The summed E-state index contributed by atoms with van der Waals surface area (Å²) in [6.07, 6.45) is 1.87. The normalized spacial score (nSPS) is 30.7. The van der Waals surface area contributed by atoms with Gasteiger partial charge in [0.15, 0.2) is 11.1 Å². The SMILES string of the molecule is COC(=O)[C@@H]1[C@@H](c2ccccc2)[C@]2(c3ccc(OC)cc3)Oc3cc(OC)cc(OC)c3C23NC(C2CC2)=N[C@@]13O. The van der Waals surface area contributed by atoms with Crippen LogP contribution in [0.4, 0.5) is 0 Å². The number of methoxy groups -OCH3 is 4. The second kappa shape index (κ2) is 8.88. The number of nitrogens with one attached hydrogen (secondary N) is 1. The van der Waals surface area contributed by atoms with E-state index in [9.17, 15) is 9.90 Å². The number of rotatable bonds is 7. The van der Waals surface area contributed by atoms with E-state index in [2.05, 4.69) is 5.32 Å². The molecule has 2 saturated carbocycles. The molecule has 4 aliphatic rings. The molecule has 2 fully saturated rings. The van der Waals surface area contributed by atoms with Gasteiger partial charge in [-0.1, -0.05) is 42.5 Å². The zero-order valence-corrected chi connectivity index (χ0v) is 23.3. The molecule has 2 aliphatic carbocycles. The smallest absolute Gasteiger partial charge is 0.314 e. The summed E-state index contributed by atoms with van der Waals surface area (Å²) in [5.74, 6) is 0.488. The standard InChI is InChI=1S/C32H32N2O7/c1-37-21-14-12-20(13-15-21)30-25(18-8-6-5-7-9-18)27(29(35)40-4)32(36)31(30,33-28(34-32)19-10-11-19)26-23(39-3)16-22(38-2)17-24(26)41-30/h5-9,12-17,19,25,27,36H,10-11H2,1-4H3,(H,33,34)/t25-,27+,30+,31?,32-/m1/s1. The lowest BCUT2D eigenvalue weighted by Crippen LogP contribution is -2.63. The van der Waals surface area contributed by atoms with Crippen molar-refractivity contribution in [3.63, 3.8) is 0 Å². The number of hydrogen-bond acceptors (Lipinski definition) is 9. The van der Waals surface area contributed by atoms with E-state index in [-0.39, 0.29) is 5.92 Å². The molecule has 9 heteroatoms. The summed E-state index contributed by atoms with van der Waals surface area (Å²) in [6.45, 7) is 0. The molecule has 0 aromatic heterocycles. The van der Waals surface area contributed by atoms with Crippen LogP contribution >= 0.6 is 0 Å². The number of ether oxygens (including phenoxy) is 5. The lowest BCUT2D eigenvalue weighted by atomic mass is 9.68.